The Balaban J connectivity index is 2.37. The summed E-state index contributed by atoms with van der Waals surface area (Å²) >= 11 is 15.6. The molecule has 0 aliphatic carbocycles. The Kier molecular flexibility index (Phi) is 4.84. The van der Waals surface area contributed by atoms with Crippen LogP contribution in [-0.4, -0.2) is 19.5 Å². The van der Waals surface area contributed by atoms with Gasteiger partial charge >= 0.3 is 5.97 Å². The summed E-state index contributed by atoms with van der Waals surface area (Å²) in [6, 6.07) is 5.12. The van der Waals surface area contributed by atoms with Crippen molar-refractivity contribution in [2.24, 2.45) is 0 Å². The van der Waals surface area contributed by atoms with Crippen LogP contribution in [-0.2, 0) is 10.0 Å². The van der Waals surface area contributed by atoms with Gasteiger partial charge in [-0.05, 0) is 40.2 Å². The van der Waals surface area contributed by atoms with E-state index in [0.717, 1.165) is 17.4 Å². The maximum absolute atomic E-state index is 12.2. The third-order valence-corrected chi connectivity index (χ3v) is 7.00. The van der Waals surface area contributed by atoms with Crippen molar-refractivity contribution in [3.8, 4) is 0 Å². The highest BCUT2D eigenvalue weighted by Crippen LogP contribution is 2.35. The Hall–Kier alpha value is -0.800. The molecule has 0 saturated heterocycles. The van der Waals surface area contributed by atoms with Crippen LogP contribution in [0.15, 0.2) is 32.3 Å². The lowest BCUT2D eigenvalue weighted by Crippen LogP contribution is -2.12. The van der Waals surface area contributed by atoms with E-state index in [9.17, 15) is 13.2 Å². The largest absolute Gasteiger partial charge is 0.478 e. The van der Waals surface area contributed by atoms with Gasteiger partial charge in [-0.15, -0.1) is 11.3 Å². The zero-order valence-electron chi connectivity index (χ0n) is 9.93. The summed E-state index contributed by atoms with van der Waals surface area (Å²) in [6.07, 6.45) is 0. The maximum atomic E-state index is 12.2. The van der Waals surface area contributed by atoms with Crippen molar-refractivity contribution in [3.05, 3.63) is 43.7 Å². The Morgan fingerprint density at radius 1 is 1.24 bits per heavy atom. The Labute approximate surface area is 142 Å². The molecular weight excluding hydrogens is 425 g/mol. The minimum absolute atomic E-state index is 0.00574. The highest BCUT2D eigenvalue weighted by Gasteiger charge is 2.20. The van der Waals surface area contributed by atoms with Crippen molar-refractivity contribution in [2.75, 3.05) is 4.72 Å². The second kappa shape index (κ2) is 6.13. The molecule has 112 valence electrons. The maximum Gasteiger partial charge on any atom is 0.337 e. The monoisotopic (exact) mass is 429 g/mol. The zero-order valence-corrected chi connectivity index (χ0v) is 14.7. The lowest BCUT2D eigenvalue weighted by atomic mass is 10.2. The van der Waals surface area contributed by atoms with E-state index in [1.54, 1.807) is 0 Å². The highest BCUT2D eigenvalue weighted by atomic mass is 79.9. The van der Waals surface area contributed by atoms with Gasteiger partial charge < -0.3 is 5.11 Å². The molecule has 5 nitrogen and oxygen atoms in total. The Morgan fingerprint density at radius 2 is 1.90 bits per heavy atom. The summed E-state index contributed by atoms with van der Waals surface area (Å²) in [5.74, 6) is -1.25. The fourth-order valence-corrected chi connectivity index (χ4v) is 5.06. The number of rotatable bonds is 4. The first-order chi connectivity index (χ1) is 9.70. The van der Waals surface area contributed by atoms with E-state index in [1.807, 2.05) is 0 Å². The molecule has 0 unspecified atom stereocenters. The SMILES string of the molecule is O=C(O)c1cc(NS(=O)(=O)c2cc(Cl)c(Br)s2)ccc1Cl. The molecule has 0 saturated carbocycles. The van der Waals surface area contributed by atoms with Gasteiger partial charge in [0.25, 0.3) is 10.0 Å². The molecule has 2 aromatic rings. The van der Waals surface area contributed by atoms with Gasteiger partial charge in [-0.2, -0.15) is 0 Å². The second-order valence-electron chi connectivity index (χ2n) is 3.79. The number of sulfonamides is 1. The lowest BCUT2D eigenvalue weighted by Gasteiger charge is -2.07. The summed E-state index contributed by atoms with van der Waals surface area (Å²) in [5.41, 5.74) is -0.0975. The molecule has 0 aliphatic heterocycles. The van der Waals surface area contributed by atoms with Crippen LogP contribution in [0.25, 0.3) is 0 Å². The molecule has 2 rings (SSSR count). The van der Waals surface area contributed by atoms with Crippen LogP contribution in [0.1, 0.15) is 10.4 Å². The summed E-state index contributed by atoms with van der Waals surface area (Å²) in [5, 5.41) is 9.26. The summed E-state index contributed by atoms with van der Waals surface area (Å²) in [4.78, 5) is 11.0. The molecule has 10 heteroatoms. The van der Waals surface area contributed by atoms with Crippen molar-refractivity contribution >= 4 is 72.1 Å². The van der Waals surface area contributed by atoms with Crippen LogP contribution >= 0.6 is 50.5 Å². The van der Waals surface area contributed by atoms with E-state index >= 15 is 0 Å². The molecule has 2 N–H and O–H groups in total. The molecule has 0 aliphatic rings. The van der Waals surface area contributed by atoms with E-state index in [4.69, 9.17) is 28.3 Å². The van der Waals surface area contributed by atoms with Gasteiger partial charge in [0.1, 0.15) is 4.21 Å². The van der Waals surface area contributed by atoms with E-state index in [0.29, 0.717) is 3.79 Å². The number of anilines is 1. The number of thiophene rings is 1. The first-order valence-electron chi connectivity index (χ1n) is 5.21. The molecule has 0 spiro atoms. The average molecular weight is 431 g/mol. The molecular formula is C11H6BrCl2NO4S2. The topological polar surface area (TPSA) is 83.5 Å². The van der Waals surface area contributed by atoms with Gasteiger partial charge in [0.2, 0.25) is 0 Å². The quantitative estimate of drug-likeness (QED) is 0.756. The zero-order chi connectivity index (χ0) is 15.8. The second-order valence-corrected chi connectivity index (χ2v) is 8.89. The third kappa shape index (κ3) is 3.70. The molecule has 1 heterocycles. The number of hydrogen-bond donors (Lipinski definition) is 2. The lowest BCUT2D eigenvalue weighted by molar-refractivity contribution is 0.0697. The molecule has 1 aromatic carbocycles. The number of carboxylic acids is 1. The van der Waals surface area contributed by atoms with E-state index in [2.05, 4.69) is 20.7 Å². The predicted octanol–water partition coefficient (Wildman–Crippen LogP) is 4.32. The van der Waals surface area contributed by atoms with Crippen molar-refractivity contribution in [3.63, 3.8) is 0 Å². The fourth-order valence-electron chi connectivity index (χ4n) is 1.42. The summed E-state index contributed by atoms with van der Waals surface area (Å²) < 4.78 is 27.1. The van der Waals surface area contributed by atoms with E-state index in [1.165, 1.54) is 18.2 Å². The standard InChI is InChI=1S/C11H6BrCl2NO4S2/c12-10-8(14)4-9(20-10)21(18,19)15-5-1-2-7(13)6(3-5)11(16)17/h1-4,15H,(H,16,17). The van der Waals surface area contributed by atoms with Crippen molar-refractivity contribution < 1.29 is 18.3 Å². The molecule has 0 radical (unpaired) electrons. The normalized spacial score (nSPS) is 11.4. The van der Waals surface area contributed by atoms with Gasteiger partial charge in [0, 0.05) is 5.69 Å². The van der Waals surface area contributed by atoms with E-state index in [-0.39, 0.29) is 25.5 Å². The third-order valence-electron chi connectivity index (χ3n) is 2.34. The van der Waals surface area contributed by atoms with Crippen LogP contribution in [0.5, 0.6) is 0 Å². The molecule has 0 amide bonds. The number of hydrogen-bond acceptors (Lipinski definition) is 4. The van der Waals surface area contributed by atoms with Crippen LogP contribution < -0.4 is 4.72 Å². The predicted molar refractivity (Wildman–Crippen MR) is 86.2 cm³/mol. The molecule has 1 aromatic heterocycles. The van der Waals surface area contributed by atoms with Gasteiger partial charge in [-0.1, -0.05) is 23.2 Å². The summed E-state index contributed by atoms with van der Waals surface area (Å²) in [7, 11) is -3.85. The molecule has 0 bridgehead atoms. The van der Waals surface area contributed by atoms with Crippen molar-refractivity contribution in [2.45, 2.75) is 4.21 Å². The van der Waals surface area contributed by atoms with Crippen LogP contribution in [0.2, 0.25) is 10.0 Å². The Bertz CT molecular complexity index is 800. The molecule has 0 fully saturated rings. The number of halogens is 3. The fraction of sp³-hybridized carbons (Fsp3) is 0. The highest BCUT2D eigenvalue weighted by molar-refractivity contribution is 9.11. The summed E-state index contributed by atoms with van der Waals surface area (Å²) in [6.45, 7) is 0. The number of benzene rings is 1. The van der Waals surface area contributed by atoms with Gasteiger partial charge in [-0.3, -0.25) is 4.72 Å². The number of carbonyl (C=O) groups is 1. The molecule has 0 atom stereocenters. The number of aromatic carboxylic acids is 1. The van der Waals surface area contributed by atoms with Crippen molar-refractivity contribution in [1.82, 2.24) is 0 Å². The van der Waals surface area contributed by atoms with Crippen LogP contribution in [0, 0.1) is 0 Å². The first-order valence-corrected chi connectivity index (χ1v) is 9.06. The number of carboxylic acid groups (broad SMARTS) is 1. The van der Waals surface area contributed by atoms with Gasteiger partial charge in [0.05, 0.1) is 19.4 Å². The van der Waals surface area contributed by atoms with Crippen LogP contribution in [0.4, 0.5) is 5.69 Å². The first kappa shape index (κ1) is 16.6. The van der Waals surface area contributed by atoms with Gasteiger partial charge in [-0.25, -0.2) is 13.2 Å². The van der Waals surface area contributed by atoms with Crippen molar-refractivity contribution in [1.29, 1.82) is 0 Å². The van der Waals surface area contributed by atoms with E-state index < -0.39 is 16.0 Å². The minimum atomic E-state index is -3.85. The molecule has 21 heavy (non-hydrogen) atoms. The van der Waals surface area contributed by atoms with Crippen LogP contribution in [0.3, 0.4) is 0 Å². The minimum Gasteiger partial charge on any atom is -0.478 e. The smallest absolute Gasteiger partial charge is 0.337 e. The Morgan fingerprint density at radius 3 is 2.43 bits per heavy atom. The number of nitrogens with one attached hydrogen (secondary N) is 1. The van der Waals surface area contributed by atoms with Gasteiger partial charge in [0.15, 0.2) is 0 Å². The average Bonchev–Trinajstić information content (AvgIpc) is 2.72.